The first-order valence-corrected chi connectivity index (χ1v) is 6.74. The highest BCUT2D eigenvalue weighted by Gasteiger charge is 2.06. The summed E-state index contributed by atoms with van der Waals surface area (Å²) in [5.74, 6) is 1.28. The molecular weight excluding hydrogens is 244 g/mol. The quantitative estimate of drug-likeness (QED) is 0.482. The van der Waals surface area contributed by atoms with Crippen LogP contribution in [0.5, 0.6) is 11.5 Å². The van der Waals surface area contributed by atoms with Gasteiger partial charge in [-0.3, -0.25) is 4.79 Å². The third kappa shape index (κ3) is 5.75. The van der Waals surface area contributed by atoms with Crippen LogP contribution in [0.1, 0.15) is 37.0 Å². The molecule has 1 aromatic carbocycles. The van der Waals surface area contributed by atoms with Crippen molar-refractivity contribution in [3.63, 3.8) is 0 Å². The minimum atomic E-state index is 0.540. The van der Waals surface area contributed by atoms with Crippen molar-refractivity contribution in [2.24, 2.45) is 0 Å². The summed E-state index contributed by atoms with van der Waals surface area (Å²) >= 11 is 0. The molecule has 0 aliphatic carbocycles. The molecule has 0 saturated heterocycles. The number of benzene rings is 1. The Hall–Kier alpha value is -1.55. The van der Waals surface area contributed by atoms with Crippen LogP contribution in [0.15, 0.2) is 18.2 Å². The van der Waals surface area contributed by atoms with Crippen LogP contribution in [0.3, 0.4) is 0 Å². The van der Waals surface area contributed by atoms with Crippen molar-refractivity contribution in [3.8, 4) is 11.5 Å². The second-order valence-electron chi connectivity index (χ2n) is 4.07. The fraction of sp³-hybridized carbons (Fsp3) is 0.533. The molecule has 0 N–H and O–H groups in total. The molecule has 0 amide bonds. The lowest BCUT2D eigenvalue weighted by molar-refractivity contribution is 0.112. The molecule has 0 aromatic heterocycles. The fourth-order valence-corrected chi connectivity index (χ4v) is 1.58. The van der Waals surface area contributed by atoms with E-state index < -0.39 is 0 Å². The maximum atomic E-state index is 10.7. The summed E-state index contributed by atoms with van der Waals surface area (Å²) in [7, 11) is 0. The van der Waals surface area contributed by atoms with E-state index in [4.69, 9.17) is 14.2 Å². The van der Waals surface area contributed by atoms with Crippen LogP contribution in [-0.2, 0) is 4.74 Å². The smallest absolute Gasteiger partial charge is 0.161 e. The molecule has 1 aromatic rings. The van der Waals surface area contributed by atoms with Gasteiger partial charge >= 0.3 is 0 Å². The highest BCUT2D eigenvalue weighted by atomic mass is 16.5. The Morgan fingerprint density at radius 2 is 1.89 bits per heavy atom. The number of hydrogen-bond donors (Lipinski definition) is 0. The van der Waals surface area contributed by atoms with Gasteiger partial charge in [-0.15, -0.1) is 0 Å². The second-order valence-corrected chi connectivity index (χ2v) is 4.07. The lowest BCUT2D eigenvalue weighted by atomic mass is 10.2. The van der Waals surface area contributed by atoms with E-state index in [1.54, 1.807) is 18.2 Å². The van der Waals surface area contributed by atoms with Gasteiger partial charge in [0, 0.05) is 25.2 Å². The number of rotatable bonds is 10. The van der Waals surface area contributed by atoms with Crippen LogP contribution < -0.4 is 9.47 Å². The predicted molar refractivity (Wildman–Crippen MR) is 74.2 cm³/mol. The highest BCUT2D eigenvalue weighted by Crippen LogP contribution is 2.28. The molecule has 0 spiro atoms. The van der Waals surface area contributed by atoms with E-state index in [0.717, 1.165) is 25.7 Å². The normalized spacial score (nSPS) is 10.2. The minimum absolute atomic E-state index is 0.540. The van der Waals surface area contributed by atoms with E-state index in [1.165, 1.54) is 0 Å². The van der Waals surface area contributed by atoms with E-state index >= 15 is 0 Å². The molecule has 0 atom stereocenters. The van der Waals surface area contributed by atoms with Gasteiger partial charge in [-0.05, 0) is 31.5 Å². The molecule has 0 saturated carbocycles. The molecule has 0 aliphatic rings. The summed E-state index contributed by atoms with van der Waals surface area (Å²) in [5.41, 5.74) is 0.585. The van der Waals surface area contributed by atoms with E-state index in [0.29, 0.717) is 36.9 Å². The molecule has 0 fully saturated rings. The topological polar surface area (TPSA) is 44.8 Å². The van der Waals surface area contributed by atoms with E-state index in [2.05, 4.69) is 6.92 Å². The van der Waals surface area contributed by atoms with Crippen molar-refractivity contribution in [1.29, 1.82) is 0 Å². The molecule has 0 bridgehead atoms. The van der Waals surface area contributed by atoms with Crippen LogP contribution in [0.25, 0.3) is 0 Å². The summed E-state index contributed by atoms with van der Waals surface area (Å²) in [5, 5.41) is 0. The Morgan fingerprint density at radius 1 is 1.05 bits per heavy atom. The Morgan fingerprint density at radius 3 is 2.58 bits per heavy atom. The number of carbonyl (C=O) groups excluding carboxylic acids is 1. The van der Waals surface area contributed by atoms with Crippen molar-refractivity contribution < 1.29 is 19.0 Å². The number of carbonyl (C=O) groups is 1. The van der Waals surface area contributed by atoms with Crippen LogP contribution in [0, 0.1) is 0 Å². The molecule has 0 unspecified atom stereocenters. The zero-order chi connectivity index (χ0) is 13.9. The monoisotopic (exact) mass is 266 g/mol. The van der Waals surface area contributed by atoms with Crippen LogP contribution in [0.2, 0.25) is 0 Å². The first-order valence-electron chi connectivity index (χ1n) is 6.74. The predicted octanol–water partition coefficient (Wildman–Crippen LogP) is 3.09. The largest absolute Gasteiger partial charge is 0.490 e. The molecule has 4 nitrogen and oxygen atoms in total. The fourth-order valence-electron chi connectivity index (χ4n) is 1.58. The maximum Gasteiger partial charge on any atom is 0.161 e. The van der Waals surface area contributed by atoms with Gasteiger partial charge < -0.3 is 14.2 Å². The molecular formula is C15H22O4. The van der Waals surface area contributed by atoms with Gasteiger partial charge in [0.2, 0.25) is 0 Å². The summed E-state index contributed by atoms with van der Waals surface area (Å²) in [4.78, 5) is 10.7. The number of ether oxygens (including phenoxy) is 3. The van der Waals surface area contributed by atoms with Gasteiger partial charge in [-0.2, -0.15) is 0 Å². The van der Waals surface area contributed by atoms with Crippen molar-refractivity contribution in [3.05, 3.63) is 23.8 Å². The lowest BCUT2D eigenvalue weighted by Gasteiger charge is -2.12. The SMILES string of the molecule is CCCOCCCOc1ccc(C=O)cc1OCC. The zero-order valence-corrected chi connectivity index (χ0v) is 11.7. The van der Waals surface area contributed by atoms with Crippen molar-refractivity contribution in [2.75, 3.05) is 26.4 Å². The third-order valence-corrected chi connectivity index (χ3v) is 2.44. The Labute approximate surface area is 114 Å². The summed E-state index contributed by atoms with van der Waals surface area (Å²) in [6.07, 6.45) is 2.66. The average Bonchev–Trinajstić information content (AvgIpc) is 2.44. The van der Waals surface area contributed by atoms with E-state index in [1.807, 2.05) is 6.92 Å². The summed E-state index contributed by atoms with van der Waals surface area (Å²) in [6, 6.07) is 5.18. The van der Waals surface area contributed by atoms with Gasteiger partial charge in [0.1, 0.15) is 6.29 Å². The maximum absolute atomic E-state index is 10.7. The third-order valence-electron chi connectivity index (χ3n) is 2.44. The van der Waals surface area contributed by atoms with Crippen molar-refractivity contribution in [2.45, 2.75) is 26.7 Å². The Bertz CT molecular complexity index is 376. The molecule has 0 radical (unpaired) electrons. The van der Waals surface area contributed by atoms with Crippen molar-refractivity contribution >= 4 is 6.29 Å². The van der Waals surface area contributed by atoms with Gasteiger partial charge in [0.05, 0.1) is 13.2 Å². The molecule has 0 heterocycles. The standard InChI is InChI=1S/C15H22O4/c1-3-8-17-9-5-10-19-14-7-6-13(12-16)11-15(14)18-4-2/h6-7,11-12H,3-5,8-10H2,1-2H3. The molecule has 106 valence electrons. The van der Waals surface area contributed by atoms with Crippen LogP contribution >= 0.6 is 0 Å². The molecule has 19 heavy (non-hydrogen) atoms. The zero-order valence-electron chi connectivity index (χ0n) is 11.7. The average molecular weight is 266 g/mol. The Kier molecular flexibility index (Phi) is 7.66. The second kappa shape index (κ2) is 9.39. The van der Waals surface area contributed by atoms with Crippen LogP contribution in [-0.4, -0.2) is 32.7 Å². The number of hydrogen-bond acceptors (Lipinski definition) is 4. The molecule has 4 heteroatoms. The Balaban J connectivity index is 2.45. The highest BCUT2D eigenvalue weighted by molar-refractivity contribution is 5.76. The van der Waals surface area contributed by atoms with Gasteiger partial charge in [0.15, 0.2) is 11.5 Å². The summed E-state index contributed by atoms with van der Waals surface area (Å²) < 4.78 is 16.5. The van der Waals surface area contributed by atoms with E-state index in [9.17, 15) is 4.79 Å². The van der Waals surface area contributed by atoms with Crippen LogP contribution in [0.4, 0.5) is 0 Å². The molecule has 0 aliphatic heterocycles. The lowest BCUT2D eigenvalue weighted by Crippen LogP contribution is -2.05. The molecule has 1 rings (SSSR count). The first-order chi connectivity index (χ1) is 9.31. The number of aldehydes is 1. The van der Waals surface area contributed by atoms with Crippen molar-refractivity contribution in [1.82, 2.24) is 0 Å². The summed E-state index contributed by atoms with van der Waals surface area (Å²) in [6.45, 7) is 6.58. The van der Waals surface area contributed by atoms with Gasteiger partial charge in [-0.1, -0.05) is 6.92 Å². The first kappa shape index (κ1) is 15.5. The van der Waals surface area contributed by atoms with Gasteiger partial charge in [-0.25, -0.2) is 0 Å². The van der Waals surface area contributed by atoms with E-state index in [-0.39, 0.29) is 0 Å². The van der Waals surface area contributed by atoms with Gasteiger partial charge in [0.25, 0.3) is 0 Å². The minimum Gasteiger partial charge on any atom is -0.490 e.